The fourth-order valence-electron chi connectivity index (χ4n) is 3.90. The van der Waals surface area contributed by atoms with E-state index in [0.717, 1.165) is 48.1 Å². The van der Waals surface area contributed by atoms with E-state index in [4.69, 9.17) is 4.98 Å². The standard InChI is InChI=1S/C21H25N3OS/c1-4-24(5-2)15-9-7-14(8-10-15)19-22-20(25)18-16-11-6-13(3)12-17(16)26-21(18)23-19/h7-10,13H,4-6,11-12H2,1-3H3,(H,22,23,25)/t13-/m0/s1. The summed E-state index contributed by atoms with van der Waals surface area (Å²) in [5.74, 6) is 1.36. The van der Waals surface area contributed by atoms with Crippen LogP contribution in [0.3, 0.4) is 0 Å². The van der Waals surface area contributed by atoms with Gasteiger partial charge < -0.3 is 9.88 Å². The summed E-state index contributed by atoms with van der Waals surface area (Å²) in [5, 5.41) is 0.820. The van der Waals surface area contributed by atoms with Crippen molar-refractivity contribution in [3.63, 3.8) is 0 Å². The molecule has 0 radical (unpaired) electrons. The highest BCUT2D eigenvalue weighted by Gasteiger charge is 2.23. The maximum atomic E-state index is 12.8. The van der Waals surface area contributed by atoms with Crippen LogP contribution < -0.4 is 10.5 Å². The summed E-state index contributed by atoms with van der Waals surface area (Å²) in [5.41, 5.74) is 3.40. The van der Waals surface area contributed by atoms with Crippen LogP contribution in [0.4, 0.5) is 5.69 Å². The number of hydrogen-bond acceptors (Lipinski definition) is 4. The number of aromatic amines is 1. The van der Waals surface area contributed by atoms with Gasteiger partial charge in [-0.1, -0.05) is 6.92 Å². The minimum Gasteiger partial charge on any atom is -0.372 e. The molecule has 1 atom stereocenters. The maximum absolute atomic E-state index is 12.8. The highest BCUT2D eigenvalue weighted by Crippen LogP contribution is 2.36. The summed E-state index contributed by atoms with van der Waals surface area (Å²) in [6.45, 7) is 8.56. The van der Waals surface area contributed by atoms with Crippen LogP contribution in [0.1, 0.15) is 37.6 Å². The van der Waals surface area contributed by atoms with Gasteiger partial charge in [-0.25, -0.2) is 4.98 Å². The number of aryl methyl sites for hydroxylation is 1. The zero-order valence-corrected chi connectivity index (χ0v) is 16.4. The van der Waals surface area contributed by atoms with Crippen molar-refractivity contribution in [2.45, 2.75) is 40.0 Å². The van der Waals surface area contributed by atoms with E-state index in [0.29, 0.717) is 11.7 Å². The predicted octanol–water partition coefficient (Wildman–Crippen LogP) is 4.62. The SMILES string of the molecule is CCN(CC)c1ccc(-c2nc3sc4c(c3c(=O)[nH]2)CC[C@H](C)C4)cc1. The van der Waals surface area contributed by atoms with Crippen LogP contribution in [0.2, 0.25) is 0 Å². The summed E-state index contributed by atoms with van der Waals surface area (Å²) in [4.78, 5) is 25.1. The lowest BCUT2D eigenvalue weighted by atomic mass is 9.89. The lowest BCUT2D eigenvalue weighted by molar-refractivity contribution is 0.509. The molecule has 2 heterocycles. The molecule has 0 bridgehead atoms. The number of H-pyrrole nitrogens is 1. The average molecular weight is 368 g/mol. The summed E-state index contributed by atoms with van der Waals surface area (Å²) in [6.07, 6.45) is 3.23. The van der Waals surface area contributed by atoms with Gasteiger partial charge in [0.2, 0.25) is 0 Å². The molecule has 0 saturated carbocycles. The first-order valence-corrected chi connectivity index (χ1v) is 10.3. The Morgan fingerprint density at radius 2 is 1.96 bits per heavy atom. The van der Waals surface area contributed by atoms with Crippen LogP contribution in [0.5, 0.6) is 0 Å². The number of anilines is 1. The highest BCUT2D eigenvalue weighted by atomic mass is 32.1. The van der Waals surface area contributed by atoms with Crippen molar-refractivity contribution in [2.75, 3.05) is 18.0 Å². The first-order chi connectivity index (χ1) is 12.6. The topological polar surface area (TPSA) is 49.0 Å². The van der Waals surface area contributed by atoms with Gasteiger partial charge in [0.05, 0.1) is 5.39 Å². The van der Waals surface area contributed by atoms with Crippen LogP contribution in [0.25, 0.3) is 21.6 Å². The second-order valence-electron chi connectivity index (χ2n) is 7.17. The van der Waals surface area contributed by atoms with E-state index in [1.165, 1.54) is 16.1 Å². The number of nitrogens with one attached hydrogen (secondary N) is 1. The average Bonchev–Trinajstić information content (AvgIpc) is 3.01. The summed E-state index contributed by atoms with van der Waals surface area (Å²) < 4.78 is 0. The Bertz CT molecular complexity index is 983. The number of rotatable bonds is 4. The summed E-state index contributed by atoms with van der Waals surface area (Å²) in [6, 6.07) is 8.31. The number of nitrogens with zero attached hydrogens (tertiary/aromatic N) is 2. The Kier molecular flexibility index (Phi) is 4.57. The largest absolute Gasteiger partial charge is 0.372 e. The van der Waals surface area contributed by atoms with Crippen molar-refractivity contribution in [2.24, 2.45) is 5.92 Å². The van der Waals surface area contributed by atoms with E-state index < -0.39 is 0 Å². The third kappa shape index (κ3) is 2.94. The second kappa shape index (κ2) is 6.88. The van der Waals surface area contributed by atoms with E-state index in [9.17, 15) is 4.79 Å². The molecule has 0 fully saturated rings. The first kappa shape index (κ1) is 17.3. The van der Waals surface area contributed by atoms with Gasteiger partial charge in [0.25, 0.3) is 5.56 Å². The maximum Gasteiger partial charge on any atom is 0.260 e. The Morgan fingerprint density at radius 3 is 2.65 bits per heavy atom. The molecule has 3 aromatic rings. The van der Waals surface area contributed by atoms with Gasteiger partial charge in [-0.3, -0.25) is 4.79 Å². The van der Waals surface area contributed by atoms with Gasteiger partial charge in [0.15, 0.2) is 0 Å². The molecule has 1 N–H and O–H groups in total. The van der Waals surface area contributed by atoms with Gasteiger partial charge in [-0.05, 0) is 68.9 Å². The Labute approximate surface area is 157 Å². The Hall–Kier alpha value is -2.14. The molecular weight excluding hydrogens is 342 g/mol. The zero-order valence-electron chi connectivity index (χ0n) is 15.6. The lowest BCUT2D eigenvalue weighted by Crippen LogP contribution is -2.21. The lowest BCUT2D eigenvalue weighted by Gasteiger charge is -2.21. The van der Waals surface area contributed by atoms with E-state index in [2.05, 4.69) is 42.8 Å². The van der Waals surface area contributed by atoms with E-state index >= 15 is 0 Å². The Morgan fingerprint density at radius 1 is 1.23 bits per heavy atom. The molecular formula is C21H25N3OS. The number of thiophene rings is 1. The molecule has 0 amide bonds. The molecule has 1 aromatic carbocycles. The Balaban J connectivity index is 1.75. The molecule has 1 aliphatic carbocycles. The van der Waals surface area contributed by atoms with Crippen LogP contribution >= 0.6 is 11.3 Å². The van der Waals surface area contributed by atoms with Crippen LogP contribution in [-0.4, -0.2) is 23.1 Å². The molecule has 26 heavy (non-hydrogen) atoms. The van der Waals surface area contributed by atoms with Crippen molar-refractivity contribution < 1.29 is 0 Å². The van der Waals surface area contributed by atoms with Crippen LogP contribution in [0, 0.1) is 5.92 Å². The predicted molar refractivity (Wildman–Crippen MR) is 110 cm³/mol. The summed E-state index contributed by atoms with van der Waals surface area (Å²) in [7, 11) is 0. The van der Waals surface area contributed by atoms with Gasteiger partial charge in [-0.2, -0.15) is 0 Å². The fraction of sp³-hybridized carbons (Fsp3) is 0.429. The molecule has 2 aromatic heterocycles. The van der Waals surface area contributed by atoms with Crippen LogP contribution in [0.15, 0.2) is 29.1 Å². The summed E-state index contributed by atoms with van der Waals surface area (Å²) >= 11 is 1.70. The zero-order chi connectivity index (χ0) is 18.3. The molecule has 0 unspecified atom stereocenters. The second-order valence-corrected chi connectivity index (χ2v) is 8.25. The molecule has 1 aliphatic rings. The molecule has 0 saturated heterocycles. The fourth-order valence-corrected chi connectivity index (χ4v) is 5.29. The van der Waals surface area contributed by atoms with Gasteiger partial charge >= 0.3 is 0 Å². The smallest absolute Gasteiger partial charge is 0.260 e. The number of hydrogen-bond donors (Lipinski definition) is 1. The quantitative estimate of drug-likeness (QED) is 0.732. The van der Waals surface area contributed by atoms with Crippen molar-refractivity contribution >= 4 is 27.2 Å². The minimum absolute atomic E-state index is 0.00451. The van der Waals surface area contributed by atoms with Crippen molar-refractivity contribution in [3.05, 3.63) is 45.1 Å². The molecule has 4 rings (SSSR count). The van der Waals surface area contributed by atoms with Crippen molar-refractivity contribution in [1.82, 2.24) is 9.97 Å². The molecule has 0 aliphatic heterocycles. The van der Waals surface area contributed by atoms with Gasteiger partial charge in [0, 0.05) is 29.2 Å². The van der Waals surface area contributed by atoms with Gasteiger partial charge in [0.1, 0.15) is 10.7 Å². The number of aromatic nitrogens is 2. The molecule has 4 nitrogen and oxygen atoms in total. The molecule has 0 spiro atoms. The van der Waals surface area contributed by atoms with Gasteiger partial charge in [-0.15, -0.1) is 11.3 Å². The third-order valence-electron chi connectivity index (χ3n) is 5.43. The minimum atomic E-state index is 0.00451. The number of benzene rings is 1. The first-order valence-electron chi connectivity index (χ1n) is 9.50. The van der Waals surface area contributed by atoms with Crippen molar-refractivity contribution in [1.29, 1.82) is 0 Å². The highest BCUT2D eigenvalue weighted by molar-refractivity contribution is 7.18. The normalized spacial score (nSPS) is 16.7. The number of fused-ring (bicyclic) bond motifs is 3. The molecule has 136 valence electrons. The third-order valence-corrected chi connectivity index (χ3v) is 6.58. The van der Waals surface area contributed by atoms with E-state index in [-0.39, 0.29) is 5.56 Å². The van der Waals surface area contributed by atoms with Crippen LogP contribution in [-0.2, 0) is 12.8 Å². The molecule has 5 heteroatoms. The monoisotopic (exact) mass is 367 g/mol. The van der Waals surface area contributed by atoms with E-state index in [1.807, 2.05) is 12.1 Å². The van der Waals surface area contributed by atoms with E-state index in [1.54, 1.807) is 11.3 Å². The van der Waals surface area contributed by atoms with Crippen molar-refractivity contribution in [3.8, 4) is 11.4 Å².